The van der Waals surface area contributed by atoms with Crippen LogP contribution in [0.25, 0.3) is 0 Å². The number of anilines is 2. The van der Waals surface area contributed by atoms with Gasteiger partial charge in [0.25, 0.3) is 12.3 Å². The number of nitrogens with one attached hydrogen (secondary N) is 3. The first-order chi connectivity index (χ1) is 13.8. The average molecular weight is 403 g/mol. The van der Waals surface area contributed by atoms with Crippen LogP contribution in [0, 0.1) is 0 Å². The SMILES string of the molecule is C[C@@]1(C(F)F)C[C@@H](NC(=O)Nc2ccc3c(c2)NC(=O)CO3)c2ccccc2O1. The largest absolute Gasteiger partial charge is 0.482 e. The Morgan fingerprint density at radius 2 is 2.03 bits per heavy atom. The fraction of sp³-hybridized carbons (Fsp3) is 0.300. The molecule has 0 unspecified atom stereocenters. The predicted molar refractivity (Wildman–Crippen MR) is 102 cm³/mol. The van der Waals surface area contributed by atoms with Gasteiger partial charge in [0.2, 0.25) is 0 Å². The van der Waals surface area contributed by atoms with Crippen LogP contribution >= 0.6 is 0 Å². The molecule has 0 aliphatic carbocycles. The highest BCUT2D eigenvalue weighted by Gasteiger charge is 2.44. The maximum atomic E-state index is 13.5. The van der Waals surface area contributed by atoms with E-state index in [1.807, 2.05) is 0 Å². The topological polar surface area (TPSA) is 88.7 Å². The molecule has 0 saturated carbocycles. The summed E-state index contributed by atoms with van der Waals surface area (Å²) in [6.07, 6.45) is -2.80. The fourth-order valence-electron chi connectivity index (χ4n) is 3.42. The van der Waals surface area contributed by atoms with Crippen molar-refractivity contribution in [2.75, 3.05) is 17.2 Å². The zero-order chi connectivity index (χ0) is 20.6. The van der Waals surface area contributed by atoms with Gasteiger partial charge in [-0.15, -0.1) is 0 Å². The van der Waals surface area contributed by atoms with E-state index in [2.05, 4.69) is 16.0 Å². The van der Waals surface area contributed by atoms with Crippen LogP contribution in [0.15, 0.2) is 42.5 Å². The van der Waals surface area contributed by atoms with E-state index in [0.717, 1.165) is 0 Å². The molecular weight excluding hydrogens is 384 g/mol. The number of amides is 3. The number of benzene rings is 2. The average Bonchev–Trinajstić information content (AvgIpc) is 2.67. The predicted octanol–water partition coefficient (Wildman–Crippen LogP) is 3.69. The molecule has 0 bridgehead atoms. The minimum atomic E-state index is -2.72. The summed E-state index contributed by atoms with van der Waals surface area (Å²) in [7, 11) is 0. The van der Waals surface area contributed by atoms with Gasteiger partial charge in [0.1, 0.15) is 11.5 Å². The molecule has 2 aromatic rings. The molecular formula is C20H19F2N3O4. The van der Waals surface area contributed by atoms with Gasteiger partial charge in [-0.1, -0.05) is 18.2 Å². The number of carbonyl (C=O) groups excluding carboxylic acids is 2. The van der Waals surface area contributed by atoms with E-state index in [0.29, 0.717) is 28.4 Å². The van der Waals surface area contributed by atoms with Crippen molar-refractivity contribution in [2.45, 2.75) is 31.4 Å². The number of halogens is 2. The Morgan fingerprint density at radius 1 is 1.24 bits per heavy atom. The minimum Gasteiger partial charge on any atom is -0.482 e. The molecule has 4 rings (SSSR count). The molecule has 7 nitrogen and oxygen atoms in total. The molecule has 2 aliphatic heterocycles. The van der Waals surface area contributed by atoms with Crippen LogP contribution < -0.4 is 25.4 Å². The molecule has 3 N–H and O–H groups in total. The summed E-state index contributed by atoms with van der Waals surface area (Å²) in [5.41, 5.74) is -0.212. The molecule has 9 heteroatoms. The first kappa shape index (κ1) is 19.0. The highest BCUT2D eigenvalue weighted by molar-refractivity contribution is 5.97. The maximum absolute atomic E-state index is 13.5. The third-order valence-electron chi connectivity index (χ3n) is 4.88. The number of alkyl halides is 2. The van der Waals surface area contributed by atoms with Gasteiger partial charge in [0, 0.05) is 17.7 Å². The number of para-hydroxylation sites is 1. The lowest BCUT2D eigenvalue weighted by atomic mass is 9.88. The molecule has 2 aliphatic rings. The second-order valence-electron chi connectivity index (χ2n) is 7.16. The van der Waals surface area contributed by atoms with Gasteiger partial charge >= 0.3 is 6.03 Å². The normalized spacial score (nSPS) is 22.5. The van der Waals surface area contributed by atoms with Crippen molar-refractivity contribution in [1.29, 1.82) is 0 Å². The van der Waals surface area contributed by atoms with E-state index >= 15 is 0 Å². The quantitative estimate of drug-likeness (QED) is 0.729. The van der Waals surface area contributed by atoms with Crippen molar-refractivity contribution in [2.24, 2.45) is 0 Å². The third-order valence-corrected chi connectivity index (χ3v) is 4.88. The number of urea groups is 1. The highest BCUT2D eigenvalue weighted by Crippen LogP contribution is 2.42. The Hall–Kier alpha value is -3.36. The molecule has 0 radical (unpaired) electrons. The van der Waals surface area contributed by atoms with E-state index in [4.69, 9.17) is 9.47 Å². The van der Waals surface area contributed by atoms with Gasteiger partial charge in [-0.3, -0.25) is 4.79 Å². The Labute approximate surface area is 165 Å². The van der Waals surface area contributed by atoms with Crippen LogP contribution in [0.4, 0.5) is 25.0 Å². The molecule has 2 heterocycles. The van der Waals surface area contributed by atoms with Gasteiger partial charge < -0.3 is 25.4 Å². The van der Waals surface area contributed by atoms with E-state index in [-0.39, 0.29) is 18.9 Å². The van der Waals surface area contributed by atoms with Gasteiger partial charge in [-0.2, -0.15) is 0 Å². The van der Waals surface area contributed by atoms with Crippen molar-refractivity contribution in [3.63, 3.8) is 0 Å². The molecule has 0 spiro atoms. The number of fused-ring (bicyclic) bond motifs is 2. The summed E-state index contributed by atoms with van der Waals surface area (Å²) >= 11 is 0. The lowest BCUT2D eigenvalue weighted by Crippen LogP contribution is -2.48. The fourth-order valence-corrected chi connectivity index (χ4v) is 3.42. The van der Waals surface area contributed by atoms with Crippen LogP contribution in [0.5, 0.6) is 11.5 Å². The molecule has 0 aromatic heterocycles. The third kappa shape index (κ3) is 3.80. The molecule has 2 atom stereocenters. The smallest absolute Gasteiger partial charge is 0.319 e. The van der Waals surface area contributed by atoms with Crippen molar-refractivity contribution in [3.8, 4) is 11.5 Å². The van der Waals surface area contributed by atoms with Crippen molar-refractivity contribution >= 4 is 23.3 Å². The Balaban J connectivity index is 1.51. The van der Waals surface area contributed by atoms with Gasteiger partial charge in [0.15, 0.2) is 12.2 Å². The number of hydrogen-bond acceptors (Lipinski definition) is 4. The van der Waals surface area contributed by atoms with E-state index < -0.39 is 24.1 Å². The zero-order valence-corrected chi connectivity index (χ0v) is 15.5. The Bertz CT molecular complexity index is 968. The summed E-state index contributed by atoms with van der Waals surface area (Å²) in [6, 6.07) is 10.4. The molecule has 0 fully saturated rings. The summed E-state index contributed by atoms with van der Waals surface area (Å²) in [6.45, 7) is 1.26. The first-order valence-corrected chi connectivity index (χ1v) is 9.04. The van der Waals surface area contributed by atoms with Crippen LogP contribution in [0.2, 0.25) is 0 Å². The van der Waals surface area contributed by atoms with Crippen LogP contribution in [-0.2, 0) is 4.79 Å². The van der Waals surface area contributed by atoms with Gasteiger partial charge in [0.05, 0.1) is 11.7 Å². The zero-order valence-electron chi connectivity index (χ0n) is 15.5. The Kier molecular flexibility index (Phi) is 4.73. The molecule has 2 aromatic carbocycles. The highest BCUT2D eigenvalue weighted by atomic mass is 19.3. The summed E-state index contributed by atoms with van der Waals surface area (Å²) in [4.78, 5) is 24.0. The number of carbonyl (C=O) groups is 2. The van der Waals surface area contributed by atoms with Crippen molar-refractivity contribution < 1.29 is 27.8 Å². The van der Waals surface area contributed by atoms with E-state index in [1.54, 1.807) is 42.5 Å². The van der Waals surface area contributed by atoms with E-state index in [9.17, 15) is 18.4 Å². The summed E-state index contributed by atoms with van der Waals surface area (Å²) < 4.78 is 37.9. The second-order valence-corrected chi connectivity index (χ2v) is 7.16. The van der Waals surface area contributed by atoms with Gasteiger partial charge in [-0.05, 0) is 31.2 Å². The molecule has 152 valence electrons. The van der Waals surface area contributed by atoms with Crippen LogP contribution in [-0.4, -0.2) is 30.6 Å². The standard InChI is InChI=1S/C20H19F2N3O4/c1-20(18(21)22)9-14(12-4-2-3-5-15(12)29-20)25-19(27)23-11-6-7-16-13(8-11)24-17(26)10-28-16/h2-8,14,18H,9-10H2,1H3,(H,24,26)(H2,23,25,27)/t14-,20+/m1/s1. The lowest BCUT2D eigenvalue weighted by Gasteiger charge is -2.39. The van der Waals surface area contributed by atoms with Crippen molar-refractivity contribution in [3.05, 3.63) is 48.0 Å². The number of ether oxygens (including phenoxy) is 2. The molecule has 29 heavy (non-hydrogen) atoms. The summed E-state index contributed by atoms with van der Waals surface area (Å²) in [5.74, 6) is 0.534. The molecule has 3 amide bonds. The van der Waals surface area contributed by atoms with Crippen LogP contribution in [0.1, 0.15) is 24.9 Å². The second kappa shape index (κ2) is 7.23. The van der Waals surface area contributed by atoms with Crippen LogP contribution in [0.3, 0.4) is 0 Å². The minimum absolute atomic E-state index is 0.0632. The monoisotopic (exact) mass is 403 g/mol. The van der Waals surface area contributed by atoms with Gasteiger partial charge in [-0.25, -0.2) is 13.6 Å². The van der Waals surface area contributed by atoms with E-state index in [1.165, 1.54) is 6.92 Å². The Morgan fingerprint density at radius 3 is 2.83 bits per heavy atom. The first-order valence-electron chi connectivity index (χ1n) is 9.04. The maximum Gasteiger partial charge on any atom is 0.319 e. The summed E-state index contributed by atoms with van der Waals surface area (Å²) in [5, 5.41) is 8.05. The lowest BCUT2D eigenvalue weighted by molar-refractivity contribution is -0.118. The van der Waals surface area contributed by atoms with Crippen molar-refractivity contribution in [1.82, 2.24) is 5.32 Å². The number of rotatable bonds is 3. The number of hydrogen-bond donors (Lipinski definition) is 3. The molecule has 0 saturated heterocycles.